The summed E-state index contributed by atoms with van der Waals surface area (Å²) in [6.45, 7) is 5.41. The number of hydrogen-bond acceptors (Lipinski definition) is 4. The first-order chi connectivity index (χ1) is 16.0. The van der Waals surface area contributed by atoms with Gasteiger partial charge in [-0.2, -0.15) is 0 Å². The molecule has 0 bridgehead atoms. The number of nitrogens with zero attached hydrogens (tertiary/aromatic N) is 2. The zero-order valence-corrected chi connectivity index (χ0v) is 20.8. The van der Waals surface area contributed by atoms with Gasteiger partial charge in [-0.3, -0.25) is 0 Å². The fraction of sp³-hybridized carbons (Fsp3) is 0.379. The van der Waals surface area contributed by atoms with Crippen molar-refractivity contribution in [2.45, 2.75) is 19.8 Å². The van der Waals surface area contributed by atoms with E-state index < -0.39 is 0 Å². The van der Waals surface area contributed by atoms with E-state index in [0.717, 1.165) is 37.4 Å². The van der Waals surface area contributed by atoms with Gasteiger partial charge in [-0.25, -0.2) is 0 Å². The molecule has 0 saturated carbocycles. The minimum Gasteiger partial charge on any atom is -0.492 e. The van der Waals surface area contributed by atoms with Crippen LogP contribution in [-0.2, 0) is 0 Å². The molecule has 176 valence electrons. The molecule has 0 saturated heterocycles. The average molecular weight is 447 g/mol. The van der Waals surface area contributed by atoms with Crippen molar-refractivity contribution in [3.63, 3.8) is 0 Å². The molecule has 0 N–H and O–H groups in total. The molecule has 0 radical (unpaired) electrons. The van der Waals surface area contributed by atoms with Crippen LogP contribution in [0, 0.1) is 0 Å². The van der Waals surface area contributed by atoms with Gasteiger partial charge >= 0.3 is 0 Å². The summed E-state index contributed by atoms with van der Waals surface area (Å²) in [5.74, 6) is 1.81. The quantitative estimate of drug-likeness (QED) is 0.420. The second-order valence-corrected chi connectivity index (χ2v) is 8.88. The predicted molar refractivity (Wildman–Crippen MR) is 139 cm³/mol. The zero-order valence-electron chi connectivity index (χ0n) is 20.8. The van der Waals surface area contributed by atoms with Crippen LogP contribution < -0.4 is 9.47 Å². The summed E-state index contributed by atoms with van der Waals surface area (Å²) in [6, 6.07) is 17.1. The van der Waals surface area contributed by atoms with E-state index in [-0.39, 0.29) is 0 Å². The topological polar surface area (TPSA) is 24.9 Å². The van der Waals surface area contributed by atoms with Gasteiger partial charge in [0.2, 0.25) is 0 Å². The van der Waals surface area contributed by atoms with Gasteiger partial charge in [-0.05, 0) is 93.1 Å². The Kier molecular flexibility index (Phi) is 9.35. The van der Waals surface area contributed by atoms with Crippen molar-refractivity contribution in [2.75, 3.05) is 54.5 Å². The molecule has 0 unspecified atom stereocenters. The third-order valence-corrected chi connectivity index (χ3v) is 5.71. The van der Waals surface area contributed by atoms with Gasteiger partial charge in [0.1, 0.15) is 24.7 Å². The minimum absolute atomic E-state index is 0.684. The van der Waals surface area contributed by atoms with E-state index in [4.69, 9.17) is 9.47 Å². The van der Waals surface area contributed by atoms with Gasteiger partial charge in [0.15, 0.2) is 0 Å². The SMILES string of the molecule is CCC(C1=CC=CC1)=C(c1ccc(OCCN(C)C)cc1)c1ccc(OCCN(C)C)cc1. The number of likely N-dealkylation sites (N-methyl/N-ethyl adjacent to an activating group) is 2. The Hall–Kier alpha value is -2.82. The summed E-state index contributed by atoms with van der Waals surface area (Å²) in [7, 11) is 8.23. The highest BCUT2D eigenvalue weighted by molar-refractivity contribution is 5.85. The van der Waals surface area contributed by atoms with Crippen LogP contribution in [0.4, 0.5) is 0 Å². The Bertz CT molecular complexity index is 908. The van der Waals surface area contributed by atoms with Gasteiger partial charge in [-0.1, -0.05) is 49.4 Å². The number of benzene rings is 2. The molecule has 4 heteroatoms. The molecular formula is C29H38N2O2. The van der Waals surface area contributed by atoms with Crippen LogP contribution in [0.15, 0.2) is 77.9 Å². The van der Waals surface area contributed by atoms with Gasteiger partial charge in [0.05, 0.1) is 0 Å². The zero-order chi connectivity index (χ0) is 23.6. The van der Waals surface area contributed by atoms with E-state index >= 15 is 0 Å². The van der Waals surface area contributed by atoms with Crippen molar-refractivity contribution in [3.8, 4) is 11.5 Å². The highest BCUT2D eigenvalue weighted by Gasteiger charge is 2.15. The maximum absolute atomic E-state index is 5.91. The van der Waals surface area contributed by atoms with Crippen molar-refractivity contribution in [1.82, 2.24) is 9.80 Å². The first-order valence-corrected chi connectivity index (χ1v) is 11.8. The number of allylic oxidation sites excluding steroid dienone is 5. The maximum Gasteiger partial charge on any atom is 0.119 e. The third-order valence-electron chi connectivity index (χ3n) is 5.71. The molecule has 3 rings (SSSR count). The molecule has 2 aromatic carbocycles. The Morgan fingerprint density at radius 3 is 1.61 bits per heavy atom. The fourth-order valence-electron chi connectivity index (χ4n) is 3.88. The van der Waals surface area contributed by atoms with Gasteiger partial charge in [-0.15, -0.1) is 0 Å². The van der Waals surface area contributed by atoms with Gasteiger partial charge in [0.25, 0.3) is 0 Å². The van der Waals surface area contributed by atoms with Gasteiger partial charge < -0.3 is 19.3 Å². The fourth-order valence-corrected chi connectivity index (χ4v) is 3.88. The van der Waals surface area contributed by atoms with Crippen LogP contribution in [-0.4, -0.2) is 64.3 Å². The molecule has 4 nitrogen and oxygen atoms in total. The molecule has 0 fully saturated rings. The third kappa shape index (κ3) is 7.34. The summed E-state index contributed by atoms with van der Waals surface area (Å²) in [5.41, 5.74) is 6.49. The van der Waals surface area contributed by atoms with Crippen LogP contribution in [0.3, 0.4) is 0 Å². The molecule has 0 aliphatic heterocycles. The molecule has 0 aromatic heterocycles. The summed E-state index contributed by atoms with van der Waals surface area (Å²) < 4.78 is 11.8. The summed E-state index contributed by atoms with van der Waals surface area (Å²) in [6.07, 6.45) is 8.60. The van der Waals surface area contributed by atoms with Crippen molar-refractivity contribution in [3.05, 3.63) is 89.0 Å². The smallest absolute Gasteiger partial charge is 0.119 e. The lowest BCUT2D eigenvalue weighted by molar-refractivity contribution is 0.261. The van der Waals surface area contributed by atoms with E-state index in [1.54, 1.807) is 0 Å². The Morgan fingerprint density at radius 1 is 0.758 bits per heavy atom. The number of ether oxygens (including phenoxy) is 2. The normalized spacial score (nSPS) is 12.9. The second-order valence-electron chi connectivity index (χ2n) is 8.88. The molecule has 33 heavy (non-hydrogen) atoms. The standard InChI is InChI=1S/C29H38N2O2/c1-6-28(23-9-7-8-10-23)29(24-11-15-26(16-12-24)32-21-19-30(2)3)25-13-17-27(18-14-25)33-22-20-31(4)5/h7-9,11-18H,6,10,19-22H2,1-5H3. The molecule has 0 atom stereocenters. The molecule has 2 aromatic rings. The Morgan fingerprint density at radius 2 is 1.24 bits per heavy atom. The first-order valence-electron chi connectivity index (χ1n) is 11.8. The van der Waals surface area contributed by atoms with E-state index in [0.29, 0.717) is 13.2 Å². The molecule has 0 amide bonds. The highest BCUT2D eigenvalue weighted by Crippen LogP contribution is 2.36. The van der Waals surface area contributed by atoms with Crippen LogP contribution >= 0.6 is 0 Å². The molecule has 0 spiro atoms. The Labute approximate surface area is 199 Å². The van der Waals surface area contributed by atoms with Crippen LogP contribution in [0.25, 0.3) is 5.57 Å². The predicted octanol–water partition coefficient (Wildman–Crippen LogP) is 5.67. The van der Waals surface area contributed by atoms with Crippen molar-refractivity contribution < 1.29 is 9.47 Å². The summed E-state index contributed by atoms with van der Waals surface area (Å²) in [5, 5.41) is 0. The lowest BCUT2D eigenvalue weighted by Gasteiger charge is -2.18. The van der Waals surface area contributed by atoms with Crippen LogP contribution in [0.1, 0.15) is 30.9 Å². The monoisotopic (exact) mass is 446 g/mol. The van der Waals surface area contributed by atoms with E-state index in [1.807, 2.05) is 0 Å². The van der Waals surface area contributed by atoms with Gasteiger partial charge in [0, 0.05) is 13.1 Å². The van der Waals surface area contributed by atoms with E-state index in [1.165, 1.54) is 27.8 Å². The van der Waals surface area contributed by atoms with Crippen molar-refractivity contribution in [1.29, 1.82) is 0 Å². The van der Waals surface area contributed by atoms with Crippen LogP contribution in [0.2, 0.25) is 0 Å². The minimum atomic E-state index is 0.684. The highest BCUT2D eigenvalue weighted by atomic mass is 16.5. The summed E-state index contributed by atoms with van der Waals surface area (Å²) >= 11 is 0. The molecule has 0 heterocycles. The Balaban J connectivity index is 1.88. The lowest BCUT2D eigenvalue weighted by atomic mass is 9.87. The summed E-state index contributed by atoms with van der Waals surface area (Å²) in [4.78, 5) is 4.25. The largest absolute Gasteiger partial charge is 0.492 e. The second kappa shape index (κ2) is 12.4. The first kappa shape index (κ1) is 24.8. The van der Waals surface area contributed by atoms with E-state index in [9.17, 15) is 0 Å². The number of hydrogen-bond donors (Lipinski definition) is 0. The molecule has 1 aliphatic carbocycles. The lowest BCUT2D eigenvalue weighted by Crippen LogP contribution is -2.19. The average Bonchev–Trinajstić information content (AvgIpc) is 3.33. The van der Waals surface area contributed by atoms with Crippen molar-refractivity contribution in [2.24, 2.45) is 0 Å². The molecule has 1 aliphatic rings. The number of rotatable bonds is 12. The van der Waals surface area contributed by atoms with Crippen LogP contribution in [0.5, 0.6) is 11.5 Å². The maximum atomic E-state index is 5.91. The van der Waals surface area contributed by atoms with E-state index in [2.05, 4.69) is 112 Å². The van der Waals surface area contributed by atoms with Crippen molar-refractivity contribution >= 4 is 5.57 Å². The molecular weight excluding hydrogens is 408 g/mol.